The van der Waals surface area contributed by atoms with E-state index in [0.717, 1.165) is 0 Å². The van der Waals surface area contributed by atoms with E-state index in [2.05, 4.69) is 20.1 Å². The van der Waals surface area contributed by atoms with Crippen molar-refractivity contribution in [2.24, 2.45) is 0 Å². The molecule has 0 bridgehead atoms. The van der Waals surface area contributed by atoms with Gasteiger partial charge in [-0.15, -0.1) is 11.8 Å². The summed E-state index contributed by atoms with van der Waals surface area (Å²) in [5, 5.41) is 0. The minimum Gasteiger partial charge on any atom is -0.326 e. The summed E-state index contributed by atoms with van der Waals surface area (Å²) < 4.78 is 12.3. The van der Waals surface area contributed by atoms with Gasteiger partial charge >= 0.3 is 0 Å². The number of hydrogen-bond acceptors (Lipinski definition) is 4. The monoisotopic (exact) mass is 254 g/mol. The van der Waals surface area contributed by atoms with Crippen LogP contribution in [0.3, 0.4) is 0 Å². The molecule has 0 rings (SSSR count). The summed E-state index contributed by atoms with van der Waals surface area (Å²) in [7, 11) is -0.801. The fraction of sp³-hybridized carbons (Fsp3) is 0.778. The van der Waals surface area contributed by atoms with Gasteiger partial charge in [0.1, 0.15) is 0 Å². The zero-order valence-corrected chi connectivity index (χ0v) is 12.0. The summed E-state index contributed by atoms with van der Waals surface area (Å²) in [5.41, 5.74) is 1.33. The molecule has 0 aliphatic carbocycles. The molecule has 2 nitrogen and oxygen atoms in total. The lowest BCUT2D eigenvalue weighted by Crippen LogP contribution is -1.87. The van der Waals surface area contributed by atoms with Crippen molar-refractivity contribution in [3.63, 3.8) is 0 Å². The third-order valence-electron chi connectivity index (χ3n) is 1.22. The summed E-state index contributed by atoms with van der Waals surface area (Å²) >= 11 is 3.47. The van der Waals surface area contributed by atoms with Crippen molar-refractivity contribution in [1.82, 2.24) is 0 Å². The molecule has 0 saturated heterocycles. The fourth-order valence-electron chi connectivity index (χ4n) is 0.701. The molecule has 84 valence electrons. The van der Waals surface area contributed by atoms with Gasteiger partial charge in [0.05, 0.1) is 13.2 Å². The Bertz CT molecular complexity index is 176. The number of thioether (sulfide) groups is 1. The van der Waals surface area contributed by atoms with Crippen molar-refractivity contribution < 1.29 is 9.05 Å². The number of hydrogen-bond donors (Lipinski definition) is 0. The topological polar surface area (TPSA) is 18.5 Å². The van der Waals surface area contributed by atoms with Crippen LogP contribution in [0.2, 0.25) is 0 Å². The second-order valence-corrected chi connectivity index (χ2v) is 6.71. The van der Waals surface area contributed by atoms with Crippen molar-refractivity contribution in [3.8, 4) is 0 Å². The first-order valence-electron chi connectivity index (χ1n) is 4.61. The molecule has 0 heterocycles. The first-order chi connectivity index (χ1) is 6.65. The van der Waals surface area contributed by atoms with Crippen LogP contribution in [-0.4, -0.2) is 19.5 Å². The molecule has 0 atom stereocenters. The molecule has 14 heavy (non-hydrogen) atoms. The van der Waals surface area contributed by atoms with Gasteiger partial charge in [0.25, 0.3) is 0 Å². The maximum absolute atomic E-state index is 5.52. The van der Waals surface area contributed by atoms with Crippen molar-refractivity contribution in [3.05, 3.63) is 9.81 Å². The van der Waals surface area contributed by atoms with Gasteiger partial charge in [-0.05, 0) is 45.3 Å². The van der Waals surface area contributed by atoms with E-state index in [4.69, 9.17) is 9.05 Å². The van der Waals surface area contributed by atoms with Gasteiger partial charge in [0, 0.05) is 4.24 Å². The predicted molar refractivity (Wildman–Crippen MR) is 69.7 cm³/mol. The van der Waals surface area contributed by atoms with E-state index < -0.39 is 7.58 Å². The lowest BCUT2D eigenvalue weighted by molar-refractivity contribution is 0.283. The van der Waals surface area contributed by atoms with E-state index in [-0.39, 0.29) is 0 Å². The van der Waals surface area contributed by atoms with E-state index in [1.54, 1.807) is 23.1 Å². The van der Waals surface area contributed by atoms with Gasteiger partial charge in [-0.3, -0.25) is 0 Å². The largest absolute Gasteiger partial charge is 0.326 e. The van der Waals surface area contributed by atoms with Crippen molar-refractivity contribution >= 4 is 30.7 Å². The van der Waals surface area contributed by atoms with Crippen LogP contribution in [0.1, 0.15) is 27.7 Å². The van der Waals surface area contributed by atoms with Crippen molar-refractivity contribution in [2.45, 2.75) is 27.7 Å². The summed E-state index contributed by atoms with van der Waals surface area (Å²) in [6.45, 7) is 9.65. The van der Waals surface area contributed by atoms with Gasteiger partial charge < -0.3 is 9.05 Å². The molecule has 0 aromatic rings. The molecule has 0 unspecified atom stereocenters. The molecular formula is C9H19O2PS2. The molecule has 0 aliphatic heterocycles. The predicted octanol–water partition coefficient (Wildman–Crippen LogP) is 4.63. The van der Waals surface area contributed by atoms with E-state index >= 15 is 0 Å². The molecule has 0 spiro atoms. The van der Waals surface area contributed by atoms with E-state index in [9.17, 15) is 0 Å². The molecule has 0 aliphatic rings. The second kappa shape index (κ2) is 9.05. The van der Waals surface area contributed by atoms with Crippen LogP contribution in [0, 0.1) is 0 Å². The van der Waals surface area contributed by atoms with Crippen LogP contribution >= 0.6 is 30.7 Å². The Morgan fingerprint density at radius 1 is 1.14 bits per heavy atom. The molecule has 0 saturated carbocycles. The fourth-order valence-corrected chi connectivity index (χ4v) is 5.45. The average molecular weight is 254 g/mol. The average Bonchev–Trinajstić information content (AvgIpc) is 2.14. The Morgan fingerprint density at radius 2 is 1.64 bits per heavy atom. The lowest BCUT2D eigenvalue weighted by atomic mass is 10.4. The Kier molecular flexibility index (Phi) is 9.56. The molecule has 0 N–H and O–H groups in total. The lowest BCUT2D eigenvalue weighted by Gasteiger charge is -2.16. The molecule has 0 aromatic carbocycles. The summed E-state index contributed by atoms with van der Waals surface area (Å²) in [4.78, 5) is 0. The van der Waals surface area contributed by atoms with E-state index in [1.165, 1.54) is 9.81 Å². The SMILES string of the molecule is CCOP(OCC)SC(SC)=C(C)C. The van der Waals surface area contributed by atoms with Gasteiger partial charge in [0.2, 0.25) is 7.58 Å². The highest BCUT2D eigenvalue weighted by Crippen LogP contribution is 2.58. The van der Waals surface area contributed by atoms with E-state index in [1.807, 2.05) is 13.8 Å². The standard InChI is InChI=1S/C9H19O2PS2/c1-6-10-12(11-7-2)14-9(13-5)8(3)4/h6-7H2,1-5H3. The van der Waals surface area contributed by atoms with Crippen LogP contribution in [0.15, 0.2) is 9.81 Å². The summed E-state index contributed by atoms with van der Waals surface area (Å²) in [6, 6.07) is 0. The zero-order valence-electron chi connectivity index (χ0n) is 9.49. The smallest absolute Gasteiger partial charge is 0.243 e. The molecule has 0 amide bonds. The van der Waals surface area contributed by atoms with Gasteiger partial charge in [0.15, 0.2) is 0 Å². The zero-order chi connectivity index (χ0) is 11.0. The van der Waals surface area contributed by atoms with Crippen molar-refractivity contribution in [1.29, 1.82) is 0 Å². The Labute approximate surface area is 96.9 Å². The van der Waals surface area contributed by atoms with Crippen LogP contribution < -0.4 is 0 Å². The second-order valence-electron chi connectivity index (χ2n) is 2.64. The van der Waals surface area contributed by atoms with Crippen molar-refractivity contribution in [2.75, 3.05) is 19.5 Å². The van der Waals surface area contributed by atoms with Crippen LogP contribution in [-0.2, 0) is 9.05 Å². The highest BCUT2D eigenvalue weighted by molar-refractivity contribution is 8.58. The Hall–Kier alpha value is 0.790. The maximum Gasteiger partial charge on any atom is 0.243 e. The third-order valence-corrected chi connectivity index (χ3v) is 6.41. The molecule has 0 fully saturated rings. The molecule has 0 aromatic heterocycles. The number of rotatable bonds is 7. The molecule has 5 heteroatoms. The Balaban J connectivity index is 4.18. The highest BCUT2D eigenvalue weighted by atomic mass is 32.7. The first kappa shape index (κ1) is 14.8. The molecular weight excluding hydrogens is 235 g/mol. The highest BCUT2D eigenvalue weighted by Gasteiger charge is 2.13. The minimum atomic E-state index is -0.801. The maximum atomic E-state index is 5.52. The van der Waals surface area contributed by atoms with Gasteiger partial charge in [-0.1, -0.05) is 5.57 Å². The van der Waals surface area contributed by atoms with Crippen LogP contribution in [0.5, 0.6) is 0 Å². The Morgan fingerprint density at radius 3 is 1.93 bits per heavy atom. The van der Waals surface area contributed by atoms with Gasteiger partial charge in [-0.2, -0.15) is 0 Å². The van der Waals surface area contributed by atoms with E-state index in [0.29, 0.717) is 13.2 Å². The van der Waals surface area contributed by atoms with Crippen LogP contribution in [0.25, 0.3) is 0 Å². The first-order valence-corrected chi connectivity index (χ1v) is 8.43. The summed E-state index contributed by atoms with van der Waals surface area (Å²) in [5.74, 6) is 0. The van der Waals surface area contributed by atoms with Crippen LogP contribution in [0.4, 0.5) is 0 Å². The third kappa shape index (κ3) is 6.31. The minimum absolute atomic E-state index is 0.711. The normalized spacial score (nSPS) is 10.7. The molecule has 0 radical (unpaired) electrons. The quantitative estimate of drug-likeness (QED) is 0.616. The van der Waals surface area contributed by atoms with Gasteiger partial charge in [-0.25, -0.2) is 0 Å². The summed E-state index contributed by atoms with van der Waals surface area (Å²) in [6.07, 6.45) is 2.08. The number of allylic oxidation sites excluding steroid dienone is 1.